The van der Waals surface area contributed by atoms with Crippen LogP contribution in [0.4, 0.5) is 0 Å². The van der Waals surface area contributed by atoms with Crippen molar-refractivity contribution < 1.29 is 18.3 Å². The van der Waals surface area contributed by atoms with Crippen LogP contribution in [0.2, 0.25) is 0 Å². The Morgan fingerprint density at radius 1 is 1.32 bits per heavy atom. The van der Waals surface area contributed by atoms with E-state index in [0.29, 0.717) is 0 Å². The van der Waals surface area contributed by atoms with Gasteiger partial charge in [-0.05, 0) is 37.1 Å². The number of benzene rings is 1. The van der Waals surface area contributed by atoms with Gasteiger partial charge in [0, 0.05) is 17.6 Å². The molecule has 2 aromatic rings. The highest BCUT2D eigenvalue weighted by Gasteiger charge is 2.38. The number of carbonyl (C=O) groups is 1. The summed E-state index contributed by atoms with van der Waals surface area (Å²) >= 11 is 1.42. The molecule has 0 radical (unpaired) electrons. The van der Waals surface area contributed by atoms with E-state index in [1.54, 1.807) is 6.20 Å². The van der Waals surface area contributed by atoms with Gasteiger partial charge < -0.3 is 5.11 Å². The molecule has 1 aliphatic carbocycles. The van der Waals surface area contributed by atoms with Gasteiger partial charge in [-0.25, -0.2) is 18.2 Å². The molecule has 8 heteroatoms. The minimum atomic E-state index is -3.65. The van der Waals surface area contributed by atoms with Crippen molar-refractivity contribution in [1.29, 1.82) is 0 Å². The zero-order valence-corrected chi connectivity index (χ0v) is 13.2. The molecular weight excluding hydrogens is 324 g/mol. The van der Waals surface area contributed by atoms with Crippen LogP contribution in [0, 0.1) is 0 Å². The van der Waals surface area contributed by atoms with Crippen LogP contribution in [0.25, 0.3) is 0 Å². The largest absolute Gasteiger partial charge is 0.478 e. The summed E-state index contributed by atoms with van der Waals surface area (Å²) in [5, 5.41) is 11.5. The molecule has 3 rings (SSSR count). The zero-order valence-electron chi connectivity index (χ0n) is 11.5. The highest BCUT2D eigenvalue weighted by molar-refractivity contribution is 7.89. The van der Waals surface area contributed by atoms with Crippen LogP contribution < -0.4 is 0 Å². The second-order valence-electron chi connectivity index (χ2n) is 5.04. The van der Waals surface area contributed by atoms with E-state index < -0.39 is 16.0 Å². The number of thiazole rings is 1. The quantitative estimate of drug-likeness (QED) is 0.872. The smallest absolute Gasteiger partial charge is 0.335 e. The maximum absolute atomic E-state index is 12.8. The number of hydrogen-bond donors (Lipinski definition) is 1. The highest BCUT2D eigenvalue weighted by atomic mass is 32.2. The predicted molar refractivity (Wildman–Crippen MR) is 81.3 cm³/mol. The summed E-state index contributed by atoms with van der Waals surface area (Å²) in [6, 6.07) is 5.31. The molecule has 1 aromatic heterocycles. The fourth-order valence-corrected chi connectivity index (χ4v) is 4.48. The number of hydrogen-bond acceptors (Lipinski definition) is 5. The van der Waals surface area contributed by atoms with Crippen molar-refractivity contribution in [1.82, 2.24) is 9.29 Å². The molecular formula is C14H14N2O4S2. The van der Waals surface area contributed by atoms with Gasteiger partial charge in [-0.1, -0.05) is 0 Å². The first-order chi connectivity index (χ1) is 10.5. The number of aromatic carboxylic acids is 1. The molecule has 1 aromatic carbocycles. The number of sulfonamides is 1. The average Bonchev–Trinajstić information content (AvgIpc) is 3.20. The van der Waals surface area contributed by atoms with Crippen LogP contribution in [0.1, 0.15) is 28.2 Å². The lowest BCUT2D eigenvalue weighted by Crippen LogP contribution is -2.32. The third kappa shape index (κ3) is 3.03. The molecule has 0 bridgehead atoms. The fraction of sp³-hybridized carbons (Fsp3) is 0.286. The van der Waals surface area contributed by atoms with Gasteiger partial charge in [-0.3, -0.25) is 0 Å². The van der Waals surface area contributed by atoms with Gasteiger partial charge in [0.05, 0.1) is 17.0 Å². The van der Waals surface area contributed by atoms with E-state index in [9.17, 15) is 13.2 Å². The first kappa shape index (κ1) is 15.1. The number of carboxylic acid groups (broad SMARTS) is 1. The molecule has 0 spiro atoms. The first-order valence-electron chi connectivity index (χ1n) is 6.72. The third-order valence-corrected chi connectivity index (χ3v) is 6.11. The Kier molecular flexibility index (Phi) is 3.98. The van der Waals surface area contributed by atoms with E-state index in [1.165, 1.54) is 39.9 Å². The van der Waals surface area contributed by atoms with Crippen LogP contribution in [0.3, 0.4) is 0 Å². The number of aromatic nitrogens is 1. The van der Waals surface area contributed by atoms with E-state index >= 15 is 0 Å². The topological polar surface area (TPSA) is 87.6 Å². The fourth-order valence-electron chi connectivity index (χ4n) is 2.14. The van der Waals surface area contributed by atoms with Crippen molar-refractivity contribution in [2.75, 3.05) is 0 Å². The van der Waals surface area contributed by atoms with E-state index in [4.69, 9.17) is 5.11 Å². The molecule has 22 heavy (non-hydrogen) atoms. The molecule has 0 amide bonds. The Balaban J connectivity index is 1.90. The minimum Gasteiger partial charge on any atom is -0.478 e. The van der Waals surface area contributed by atoms with Gasteiger partial charge in [0.25, 0.3) is 0 Å². The Morgan fingerprint density at radius 2 is 2.00 bits per heavy atom. The summed E-state index contributed by atoms with van der Waals surface area (Å²) in [5.74, 6) is -1.08. The van der Waals surface area contributed by atoms with E-state index in [0.717, 1.165) is 17.8 Å². The molecule has 116 valence electrons. The van der Waals surface area contributed by atoms with Gasteiger partial charge in [0.2, 0.25) is 10.0 Å². The number of nitrogens with zero attached hydrogens (tertiary/aromatic N) is 2. The number of rotatable bonds is 6. The zero-order chi connectivity index (χ0) is 15.7. The minimum absolute atomic E-state index is 0.00745. The summed E-state index contributed by atoms with van der Waals surface area (Å²) in [6.07, 6.45) is 3.34. The van der Waals surface area contributed by atoms with E-state index in [-0.39, 0.29) is 23.0 Å². The lowest BCUT2D eigenvalue weighted by molar-refractivity contribution is 0.0696. The van der Waals surface area contributed by atoms with Gasteiger partial charge >= 0.3 is 5.97 Å². The standard InChI is InChI=1S/C14H14N2O4S2/c17-14(18)10-1-5-12(6-2-10)22(19,20)16(11-3-4-11)9-13-15-7-8-21-13/h1-2,5-8,11H,3-4,9H2,(H,17,18). The van der Waals surface area contributed by atoms with Gasteiger partial charge in [-0.15, -0.1) is 11.3 Å². The maximum Gasteiger partial charge on any atom is 0.335 e. The Hall–Kier alpha value is -1.77. The van der Waals surface area contributed by atoms with Crippen molar-refractivity contribution in [2.45, 2.75) is 30.3 Å². The molecule has 1 N–H and O–H groups in total. The lowest BCUT2D eigenvalue weighted by Gasteiger charge is -2.20. The first-order valence-corrected chi connectivity index (χ1v) is 9.04. The second-order valence-corrected chi connectivity index (χ2v) is 7.91. The van der Waals surface area contributed by atoms with Gasteiger partial charge in [0.1, 0.15) is 5.01 Å². The van der Waals surface area contributed by atoms with Crippen LogP contribution in [-0.4, -0.2) is 34.8 Å². The molecule has 1 saturated carbocycles. The van der Waals surface area contributed by atoms with Crippen LogP contribution in [0.5, 0.6) is 0 Å². The molecule has 0 unspecified atom stereocenters. The molecule has 0 atom stereocenters. The molecule has 0 aliphatic heterocycles. The van der Waals surface area contributed by atoms with E-state index in [1.807, 2.05) is 5.38 Å². The van der Waals surface area contributed by atoms with Crippen LogP contribution in [0.15, 0.2) is 40.7 Å². The van der Waals surface area contributed by atoms with Gasteiger partial charge in [-0.2, -0.15) is 4.31 Å². The summed E-state index contributed by atoms with van der Waals surface area (Å²) in [5.41, 5.74) is 0.0665. The third-order valence-electron chi connectivity index (χ3n) is 3.44. The van der Waals surface area contributed by atoms with Crippen LogP contribution in [-0.2, 0) is 16.6 Å². The Bertz CT molecular complexity index is 766. The molecule has 6 nitrogen and oxygen atoms in total. The van der Waals surface area contributed by atoms with Crippen molar-refractivity contribution in [2.24, 2.45) is 0 Å². The molecule has 0 saturated heterocycles. The summed E-state index contributed by atoms with van der Waals surface area (Å²) in [4.78, 5) is 15.1. The van der Waals surface area contributed by atoms with Crippen molar-refractivity contribution >= 4 is 27.3 Å². The Labute approximate surface area is 132 Å². The molecule has 1 fully saturated rings. The summed E-state index contributed by atoms with van der Waals surface area (Å²) in [6.45, 7) is 0.255. The average molecular weight is 338 g/mol. The van der Waals surface area contributed by atoms with Crippen LogP contribution >= 0.6 is 11.3 Å². The van der Waals surface area contributed by atoms with Gasteiger partial charge in [0.15, 0.2) is 0 Å². The number of carboxylic acids is 1. The van der Waals surface area contributed by atoms with Crippen molar-refractivity contribution in [3.8, 4) is 0 Å². The Morgan fingerprint density at radius 3 is 2.50 bits per heavy atom. The van der Waals surface area contributed by atoms with Crippen molar-refractivity contribution in [3.63, 3.8) is 0 Å². The molecule has 1 heterocycles. The lowest BCUT2D eigenvalue weighted by atomic mass is 10.2. The highest BCUT2D eigenvalue weighted by Crippen LogP contribution is 2.33. The van der Waals surface area contributed by atoms with Crippen molar-refractivity contribution in [3.05, 3.63) is 46.4 Å². The second kappa shape index (κ2) is 5.79. The summed E-state index contributed by atoms with van der Waals surface area (Å²) in [7, 11) is -3.65. The monoisotopic (exact) mass is 338 g/mol. The summed E-state index contributed by atoms with van der Waals surface area (Å²) < 4.78 is 27.0. The maximum atomic E-state index is 12.8. The normalized spacial score (nSPS) is 15.1. The molecule has 1 aliphatic rings. The van der Waals surface area contributed by atoms with E-state index in [2.05, 4.69) is 4.98 Å². The SMILES string of the molecule is O=C(O)c1ccc(S(=O)(=O)N(Cc2nccs2)C2CC2)cc1. The predicted octanol–water partition coefficient (Wildman–Crippen LogP) is 2.19.